The molecule has 1 aromatic rings. The molecule has 0 heterocycles. The van der Waals surface area contributed by atoms with Crippen molar-refractivity contribution in [1.82, 2.24) is 0 Å². The summed E-state index contributed by atoms with van der Waals surface area (Å²) in [6.07, 6.45) is 2.10. The van der Waals surface area contributed by atoms with Gasteiger partial charge in [-0.3, -0.25) is 9.59 Å². The van der Waals surface area contributed by atoms with Crippen molar-refractivity contribution >= 4 is 25.2 Å². The Bertz CT molecular complexity index is 401. The average Bonchev–Trinajstić information content (AvgIpc) is 2.29. The third kappa shape index (κ3) is 3.61. The van der Waals surface area contributed by atoms with Gasteiger partial charge in [-0.25, -0.2) is 0 Å². The van der Waals surface area contributed by atoms with Crippen molar-refractivity contribution in [2.24, 2.45) is 0 Å². The Kier molecular flexibility index (Phi) is 4.65. The Balaban J connectivity index is 3.03. The minimum absolute atomic E-state index is 0.467. The summed E-state index contributed by atoms with van der Waals surface area (Å²) in [7, 11) is 0. The molecule has 0 amide bonds. The summed E-state index contributed by atoms with van der Waals surface area (Å²) in [6.45, 7) is 0. The normalized spacial score (nSPS) is 8.87. The van der Waals surface area contributed by atoms with Crippen LogP contribution in [0.1, 0.15) is 32.7 Å². The average molecular weight is 218 g/mol. The van der Waals surface area contributed by atoms with E-state index in [-0.39, 0.29) is 0 Å². The molecule has 0 saturated heterocycles. The molecule has 0 aromatic heterocycles. The molecule has 0 fully saturated rings. The maximum Gasteiger partial charge on any atom is 0.150 e. The van der Waals surface area contributed by atoms with Crippen LogP contribution in [0.2, 0.25) is 0 Å². The second-order valence-electron chi connectivity index (χ2n) is 2.90. The van der Waals surface area contributed by atoms with Crippen molar-refractivity contribution < 1.29 is 9.59 Å². The van der Waals surface area contributed by atoms with Crippen LogP contribution in [-0.4, -0.2) is 18.3 Å². The Morgan fingerprint density at radius 1 is 1.13 bits per heavy atom. The second-order valence-corrected chi connectivity index (χ2v) is 3.35. The van der Waals surface area contributed by atoms with E-state index in [4.69, 9.17) is 0 Å². The monoisotopic (exact) mass is 218 g/mol. The number of thiol groups is 1. The fraction of sp³-hybridized carbons (Fsp3) is 0.167. The number of rotatable bonds is 3. The van der Waals surface area contributed by atoms with Gasteiger partial charge in [-0.2, -0.15) is 12.6 Å². The van der Waals surface area contributed by atoms with Crippen molar-refractivity contribution in [2.45, 2.75) is 6.42 Å². The molecular formula is C12H10O2S. The Hall–Kier alpha value is -1.53. The first-order chi connectivity index (χ1) is 7.30. The SMILES string of the molecule is O=Cc1cc(C#CCCS)cc(C=O)c1. The minimum Gasteiger partial charge on any atom is -0.298 e. The van der Waals surface area contributed by atoms with Gasteiger partial charge in [0.05, 0.1) is 0 Å². The highest BCUT2D eigenvalue weighted by Gasteiger charge is 1.97. The lowest BCUT2D eigenvalue weighted by Crippen LogP contribution is -1.88. The highest BCUT2D eigenvalue weighted by molar-refractivity contribution is 7.80. The summed E-state index contributed by atoms with van der Waals surface area (Å²) in [5.41, 5.74) is 1.62. The summed E-state index contributed by atoms with van der Waals surface area (Å²) in [4.78, 5) is 21.2. The number of carbonyl (C=O) groups is 2. The van der Waals surface area contributed by atoms with Gasteiger partial charge < -0.3 is 0 Å². The van der Waals surface area contributed by atoms with Gasteiger partial charge in [0.25, 0.3) is 0 Å². The first-order valence-electron chi connectivity index (χ1n) is 4.45. The Morgan fingerprint density at radius 2 is 1.73 bits per heavy atom. The molecule has 1 aromatic carbocycles. The van der Waals surface area contributed by atoms with Crippen molar-refractivity contribution in [1.29, 1.82) is 0 Å². The van der Waals surface area contributed by atoms with Gasteiger partial charge in [-0.1, -0.05) is 11.8 Å². The van der Waals surface area contributed by atoms with Crippen LogP contribution in [0.15, 0.2) is 18.2 Å². The van der Waals surface area contributed by atoms with Crippen LogP contribution in [0.25, 0.3) is 0 Å². The molecule has 0 saturated carbocycles. The predicted molar refractivity (Wildman–Crippen MR) is 62.6 cm³/mol. The molecule has 0 unspecified atom stereocenters. The molecule has 0 aliphatic heterocycles. The van der Waals surface area contributed by atoms with Gasteiger partial charge in [0.15, 0.2) is 0 Å². The highest BCUT2D eigenvalue weighted by atomic mass is 32.1. The zero-order valence-electron chi connectivity index (χ0n) is 8.06. The third-order valence-electron chi connectivity index (χ3n) is 1.72. The first-order valence-corrected chi connectivity index (χ1v) is 5.08. The number of hydrogen-bond acceptors (Lipinski definition) is 3. The van der Waals surface area contributed by atoms with Crippen LogP contribution in [-0.2, 0) is 0 Å². The number of carbonyl (C=O) groups excluding carboxylic acids is 2. The van der Waals surface area contributed by atoms with E-state index in [2.05, 4.69) is 24.5 Å². The molecule has 0 radical (unpaired) electrons. The van der Waals surface area contributed by atoms with E-state index in [1.54, 1.807) is 12.1 Å². The predicted octanol–water partition coefficient (Wildman–Crippen LogP) is 1.98. The molecule has 0 aliphatic carbocycles. The van der Waals surface area contributed by atoms with E-state index in [0.717, 1.165) is 0 Å². The Morgan fingerprint density at radius 3 is 2.20 bits per heavy atom. The van der Waals surface area contributed by atoms with Crippen LogP contribution in [0, 0.1) is 11.8 Å². The van der Waals surface area contributed by atoms with Crippen molar-refractivity contribution in [2.75, 3.05) is 5.75 Å². The first kappa shape index (κ1) is 11.5. The lowest BCUT2D eigenvalue weighted by atomic mass is 10.1. The molecule has 76 valence electrons. The van der Waals surface area contributed by atoms with E-state index >= 15 is 0 Å². The van der Waals surface area contributed by atoms with Gasteiger partial charge in [-0.05, 0) is 18.2 Å². The molecular weight excluding hydrogens is 208 g/mol. The van der Waals surface area contributed by atoms with E-state index in [9.17, 15) is 9.59 Å². The van der Waals surface area contributed by atoms with Crippen LogP contribution >= 0.6 is 12.6 Å². The molecule has 2 nitrogen and oxygen atoms in total. The largest absolute Gasteiger partial charge is 0.298 e. The fourth-order valence-corrected chi connectivity index (χ4v) is 1.22. The fourth-order valence-electron chi connectivity index (χ4n) is 1.11. The molecule has 3 heteroatoms. The molecule has 0 atom stereocenters. The molecule has 1 rings (SSSR count). The maximum atomic E-state index is 10.6. The van der Waals surface area contributed by atoms with Crippen molar-refractivity contribution in [3.8, 4) is 11.8 Å². The van der Waals surface area contributed by atoms with Gasteiger partial charge in [-0.15, -0.1) is 0 Å². The van der Waals surface area contributed by atoms with E-state index < -0.39 is 0 Å². The van der Waals surface area contributed by atoms with E-state index in [1.165, 1.54) is 6.07 Å². The molecule has 15 heavy (non-hydrogen) atoms. The number of hydrogen-bond donors (Lipinski definition) is 1. The lowest BCUT2D eigenvalue weighted by molar-refractivity contribution is 0.112. The highest BCUT2D eigenvalue weighted by Crippen LogP contribution is 2.06. The van der Waals surface area contributed by atoms with Crippen LogP contribution in [0.3, 0.4) is 0 Å². The summed E-state index contributed by atoms with van der Waals surface area (Å²) >= 11 is 4.03. The standard InChI is InChI=1S/C12H10O2S/c13-8-11-5-10(3-1-2-4-15)6-12(7-11)9-14/h5-9,15H,2,4H2. The van der Waals surface area contributed by atoms with Gasteiger partial charge in [0, 0.05) is 28.9 Å². The Labute approximate surface area is 94.1 Å². The summed E-state index contributed by atoms with van der Waals surface area (Å²) in [6, 6.07) is 4.85. The molecule has 0 spiro atoms. The van der Waals surface area contributed by atoms with Crippen molar-refractivity contribution in [3.63, 3.8) is 0 Å². The zero-order chi connectivity index (χ0) is 11.1. The van der Waals surface area contributed by atoms with Gasteiger partial charge >= 0.3 is 0 Å². The lowest BCUT2D eigenvalue weighted by Gasteiger charge is -1.95. The van der Waals surface area contributed by atoms with Crippen molar-refractivity contribution in [3.05, 3.63) is 34.9 Å². The third-order valence-corrected chi connectivity index (χ3v) is 1.94. The van der Waals surface area contributed by atoms with E-state index in [0.29, 0.717) is 41.4 Å². The maximum absolute atomic E-state index is 10.6. The molecule has 0 N–H and O–H groups in total. The van der Waals surface area contributed by atoms with Crippen LogP contribution in [0.4, 0.5) is 0 Å². The van der Waals surface area contributed by atoms with E-state index in [1.807, 2.05) is 0 Å². The summed E-state index contributed by atoms with van der Waals surface area (Å²) < 4.78 is 0. The number of benzene rings is 1. The molecule has 0 aliphatic rings. The molecule has 0 bridgehead atoms. The quantitative estimate of drug-likeness (QED) is 0.478. The minimum atomic E-state index is 0.467. The van der Waals surface area contributed by atoms with Crippen LogP contribution < -0.4 is 0 Å². The smallest absolute Gasteiger partial charge is 0.150 e. The van der Waals surface area contributed by atoms with Crippen LogP contribution in [0.5, 0.6) is 0 Å². The number of aldehydes is 2. The second kappa shape index (κ2) is 6.05. The summed E-state index contributed by atoms with van der Waals surface area (Å²) in [5.74, 6) is 6.47. The van der Waals surface area contributed by atoms with Gasteiger partial charge in [0.2, 0.25) is 0 Å². The summed E-state index contributed by atoms with van der Waals surface area (Å²) in [5, 5.41) is 0. The topological polar surface area (TPSA) is 34.1 Å². The van der Waals surface area contributed by atoms with Gasteiger partial charge in [0.1, 0.15) is 12.6 Å². The zero-order valence-corrected chi connectivity index (χ0v) is 8.96.